The second-order valence-electron chi connectivity index (χ2n) is 5.69. The Morgan fingerprint density at radius 3 is 2.38 bits per heavy atom. The molecule has 0 heterocycles. The van der Waals surface area contributed by atoms with Gasteiger partial charge in [0.25, 0.3) is 0 Å². The van der Waals surface area contributed by atoms with E-state index in [0.29, 0.717) is 26.2 Å². The highest BCUT2D eigenvalue weighted by molar-refractivity contribution is 5.87. The molecule has 0 spiro atoms. The standard InChI is InChI=1S/C14H21F3O4/c1-5-13(20-8-12(4,19)14(15,16)17)7-6-10(13)21-11(18)9(2)3/h10,19H,2,5-8H2,1,3-4H3. The lowest BCUT2D eigenvalue weighted by atomic mass is 9.74. The molecule has 0 saturated heterocycles. The Balaban J connectivity index is 2.70. The van der Waals surface area contributed by atoms with Crippen molar-refractivity contribution in [1.29, 1.82) is 0 Å². The zero-order valence-electron chi connectivity index (χ0n) is 12.4. The van der Waals surface area contributed by atoms with Gasteiger partial charge in [-0.15, -0.1) is 0 Å². The first kappa shape index (κ1) is 18.0. The molecule has 3 unspecified atom stereocenters. The summed E-state index contributed by atoms with van der Waals surface area (Å²) >= 11 is 0. The third-order valence-electron chi connectivity index (χ3n) is 3.86. The molecule has 1 aliphatic rings. The molecular weight excluding hydrogens is 289 g/mol. The molecule has 1 N–H and O–H groups in total. The first-order valence-corrected chi connectivity index (χ1v) is 6.75. The Morgan fingerprint density at radius 2 is 2.05 bits per heavy atom. The predicted molar refractivity (Wildman–Crippen MR) is 69.6 cm³/mol. The average Bonchev–Trinajstić information content (AvgIpc) is 2.33. The summed E-state index contributed by atoms with van der Waals surface area (Å²) in [6, 6.07) is 0. The van der Waals surface area contributed by atoms with E-state index in [2.05, 4.69) is 6.58 Å². The van der Waals surface area contributed by atoms with Crippen molar-refractivity contribution in [3.8, 4) is 0 Å². The maximum atomic E-state index is 12.6. The van der Waals surface area contributed by atoms with Crippen LogP contribution in [0.5, 0.6) is 0 Å². The lowest BCUT2D eigenvalue weighted by Crippen LogP contribution is -2.58. The molecule has 0 aromatic heterocycles. The van der Waals surface area contributed by atoms with E-state index in [1.165, 1.54) is 6.92 Å². The zero-order chi connectivity index (χ0) is 16.5. The van der Waals surface area contributed by atoms with Crippen molar-refractivity contribution in [3.63, 3.8) is 0 Å². The molecule has 0 radical (unpaired) electrons. The number of alkyl halides is 3. The van der Waals surface area contributed by atoms with Gasteiger partial charge in [0, 0.05) is 5.57 Å². The minimum Gasteiger partial charge on any atom is -0.456 e. The Morgan fingerprint density at radius 1 is 1.48 bits per heavy atom. The van der Waals surface area contributed by atoms with Crippen LogP contribution >= 0.6 is 0 Å². The fourth-order valence-electron chi connectivity index (χ4n) is 2.02. The van der Waals surface area contributed by atoms with Gasteiger partial charge in [-0.1, -0.05) is 13.5 Å². The molecule has 122 valence electrons. The van der Waals surface area contributed by atoms with Crippen LogP contribution in [0.15, 0.2) is 12.2 Å². The monoisotopic (exact) mass is 310 g/mol. The summed E-state index contributed by atoms with van der Waals surface area (Å²) in [7, 11) is 0. The van der Waals surface area contributed by atoms with Gasteiger partial charge in [0.15, 0.2) is 5.60 Å². The number of carbonyl (C=O) groups is 1. The number of halogens is 3. The fraction of sp³-hybridized carbons (Fsp3) is 0.786. The number of carbonyl (C=O) groups excluding carboxylic acids is 1. The third kappa shape index (κ3) is 3.77. The molecule has 21 heavy (non-hydrogen) atoms. The Bertz CT molecular complexity index is 413. The van der Waals surface area contributed by atoms with Crippen molar-refractivity contribution in [1.82, 2.24) is 0 Å². The predicted octanol–water partition coefficient (Wildman–Crippen LogP) is 2.75. The van der Waals surface area contributed by atoms with Gasteiger partial charge in [0.1, 0.15) is 11.7 Å². The topological polar surface area (TPSA) is 55.8 Å². The van der Waals surface area contributed by atoms with E-state index in [1.54, 1.807) is 6.92 Å². The van der Waals surface area contributed by atoms with Crippen LogP contribution in [0.1, 0.15) is 40.0 Å². The molecule has 7 heteroatoms. The van der Waals surface area contributed by atoms with E-state index in [9.17, 15) is 23.1 Å². The fourth-order valence-corrected chi connectivity index (χ4v) is 2.02. The third-order valence-corrected chi connectivity index (χ3v) is 3.86. The first-order valence-electron chi connectivity index (χ1n) is 6.75. The summed E-state index contributed by atoms with van der Waals surface area (Å²) < 4.78 is 48.4. The summed E-state index contributed by atoms with van der Waals surface area (Å²) in [5.41, 5.74) is -3.69. The van der Waals surface area contributed by atoms with Crippen molar-refractivity contribution in [3.05, 3.63) is 12.2 Å². The van der Waals surface area contributed by atoms with Crippen LogP contribution in [0.4, 0.5) is 13.2 Å². The number of hydrogen-bond donors (Lipinski definition) is 1. The molecule has 0 amide bonds. The average molecular weight is 310 g/mol. The highest BCUT2D eigenvalue weighted by Gasteiger charge is 2.55. The van der Waals surface area contributed by atoms with Crippen molar-refractivity contribution >= 4 is 5.97 Å². The molecule has 0 bridgehead atoms. The normalized spacial score (nSPS) is 28.4. The van der Waals surface area contributed by atoms with E-state index < -0.39 is 36.1 Å². The Kier molecular flexibility index (Phi) is 5.10. The van der Waals surface area contributed by atoms with Gasteiger partial charge in [-0.05, 0) is 33.1 Å². The molecule has 1 aliphatic carbocycles. The van der Waals surface area contributed by atoms with Gasteiger partial charge >= 0.3 is 12.1 Å². The number of hydrogen-bond acceptors (Lipinski definition) is 4. The Hall–Kier alpha value is -1.08. The van der Waals surface area contributed by atoms with Gasteiger partial charge in [-0.3, -0.25) is 0 Å². The maximum Gasteiger partial charge on any atom is 0.419 e. The largest absolute Gasteiger partial charge is 0.456 e. The van der Waals surface area contributed by atoms with Crippen LogP contribution in [0.2, 0.25) is 0 Å². The van der Waals surface area contributed by atoms with Crippen LogP contribution in [0.25, 0.3) is 0 Å². The van der Waals surface area contributed by atoms with Gasteiger partial charge in [-0.25, -0.2) is 4.79 Å². The molecular formula is C14H21F3O4. The number of rotatable bonds is 6. The summed E-state index contributed by atoms with van der Waals surface area (Å²) in [6.07, 6.45) is -4.02. The Labute approximate surface area is 121 Å². The van der Waals surface area contributed by atoms with E-state index in [1.807, 2.05) is 0 Å². The van der Waals surface area contributed by atoms with Gasteiger partial charge in [0.2, 0.25) is 0 Å². The van der Waals surface area contributed by atoms with Crippen LogP contribution in [-0.4, -0.2) is 41.2 Å². The second kappa shape index (κ2) is 5.96. The quantitative estimate of drug-likeness (QED) is 0.605. The lowest BCUT2D eigenvalue weighted by Gasteiger charge is -2.48. The number of aliphatic hydroxyl groups is 1. The van der Waals surface area contributed by atoms with Crippen LogP contribution < -0.4 is 0 Å². The summed E-state index contributed by atoms with van der Waals surface area (Å²) in [4.78, 5) is 11.5. The van der Waals surface area contributed by atoms with Crippen molar-refractivity contribution in [2.75, 3.05) is 6.61 Å². The van der Waals surface area contributed by atoms with E-state index >= 15 is 0 Å². The minimum absolute atomic E-state index is 0.217. The minimum atomic E-state index is -4.78. The van der Waals surface area contributed by atoms with Crippen molar-refractivity contribution in [2.45, 2.75) is 63.5 Å². The van der Waals surface area contributed by atoms with Crippen molar-refractivity contribution < 1.29 is 32.5 Å². The van der Waals surface area contributed by atoms with E-state index in [0.717, 1.165) is 0 Å². The molecule has 1 rings (SSSR count). The molecule has 4 nitrogen and oxygen atoms in total. The maximum absolute atomic E-state index is 12.6. The molecule has 3 atom stereocenters. The molecule has 1 fully saturated rings. The SMILES string of the molecule is C=C(C)C(=O)OC1CCC1(CC)OCC(C)(O)C(F)(F)F. The van der Waals surface area contributed by atoms with Gasteiger partial charge in [-0.2, -0.15) is 13.2 Å². The highest BCUT2D eigenvalue weighted by atomic mass is 19.4. The van der Waals surface area contributed by atoms with E-state index in [4.69, 9.17) is 9.47 Å². The second-order valence-corrected chi connectivity index (χ2v) is 5.69. The summed E-state index contributed by atoms with van der Waals surface area (Å²) in [5, 5.41) is 9.41. The summed E-state index contributed by atoms with van der Waals surface area (Å²) in [5.74, 6) is -0.594. The van der Waals surface area contributed by atoms with Crippen LogP contribution in [0, 0.1) is 0 Å². The zero-order valence-corrected chi connectivity index (χ0v) is 12.4. The van der Waals surface area contributed by atoms with E-state index in [-0.39, 0.29) is 5.57 Å². The van der Waals surface area contributed by atoms with Crippen LogP contribution in [0.3, 0.4) is 0 Å². The lowest BCUT2D eigenvalue weighted by molar-refractivity contribution is -0.292. The van der Waals surface area contributed by atoms with Crippen LogP contribution in [-0.2, 0) is 14.3 Å². The van der Waals surface area contributed by atoms with Gasteiger partial charge in [0.05, 0.1) is 6.61 Å². The molecule has 1 saturated carbocycles. The number of ether oxygens (including phenoxy) is 2. The molecule has 0 aromatic carbocycles. The summed E-state index contributed by atoms with van der Waals surface area (Å²) in [6.45, 7) is 6.44. The molecule has 0 aliphatic heterocycles. The molecule has 0 aromatic rings. The van der Waals surface area contributed by atoms with Crippen molar-refractivity contribution in [2.24, 2.45) is 0 Å². The first-order chi connectivity index (χ1) is 9.45. The van der Waals surface area contributed by atoms with Gasteiger partial charge < -0.3 is 14.6 Å². The highest BCUT2D eigenvalue weighted by Crippen LogP contribution is 2.43. The smallest absolute Gasteiger partial charge is 0.419 e. The number of esters is 1.